The monoisotopic (exact) mass is 558 g/mol. The molecule has 2 amide bonds. The number of primary amides is 1. The molecule has 0 bridgehead atoms. The van der Waals surface area contributed by atoms with Crippen LogP contribution in [0.1, 0.15) is 49.1 Å². The molecule has 0 fully saturated rings. The number of carbonyl (C=O) groups excluding carboxylic acids is 3. The van der Waals surface area contributed by atoms with Crippen LogP contribution < -0.4 is 16.8 Å². The molecule has 12 heteroatoms. The summed E-state index contributed by atoms with van der Waals surface area (Å²) in [4.78, 5) is 35.9. The number of nitrogens with two attached hydrogens (primary N) is 2. The van der Waals surface area contributed by atoms with Crippen molar-refractivity contribution in [2.75, 3.05) is 18.9 Å². The third kappa shape index (κ3) is 9.75. The van der Waals surface area contributed by atoms with Crippen LogP contribution in [-0.2, 0) is 27.1 Å². The van der Waals surface area contributed by atoms with Crippen molar-refractivity contribution >= 4 is 52.6 Å². The first-order chi connectivity index (χ1) is 17.3. The Bertz CT molecular complexity index is 1140. The molecule has 0 radical (unpaired) electrons. The van der Waals surface area contributed by atoms with Gasteiger partial charge in [0, 0.05) is 30.3 Å². The standard InChI is InChI=1S/C23H24ClF3N4O3S.C2H6/c1-13(28)17-7-14(8-20(35-12-32)22(34)31(2)11-21(29)33)3-6-19(17)30-10-15-4-5-16(24)9-18(15)23(25,26)27;1-2/h3-9,12-13,30H,10-11,28H2,1-2H3,(H2,29,33);1-2H3/b20-8-;. The lowest BCUT2D eigenvalue weighted by molar-refractivity contribution is -0.138. The van der Waals surface area contributed by atoms with E-state index in [0.29, 0.717) is 34.2 Å². The van der Waals surface area contributed by atoms with Gasteiger partial charge in [-0.3, -0.25) is 14.4 Å². The van der Waals surface area contributed by atoms with E-state index in [4.69, 9.17) is 23.1 Å². The van der Waals surface area contributed by atoms with E-state index in [2.05, 4.69) is 5.32 Å². The Morgan fingerprint density at radius 2 is 1.84 bits per heavy atom. The van der Waals surface area contributed by atoms with Crippen molar-refractivity contribution in [3.63, 3.8) is 0 Å². The fourth-order valence-corrected chi connectivity index (χ4v) is 3.95. The van der Waals surface area contributed by atoms with Crippen molar-refractivity contribution in [2.45, 2.75) is 39.5 Å². The number of likely N-dealkylation sites (N-methyl/N-ethyl adjacent to an activating group) is 1. The van der Waals surface area contributed by atoms with Gasteiger partial charge in [0.2, 0.25) is 5.91 Å². The van der Waals surface area contributed by atoms with Crippen molar-refractivity contribution in [3.05, 3.63) is 68.6 Å². The van der Waals surface area contributed by atoms with Gasteiger partial charge in [-0.05, 0) is 65.7 Å². The van der Waals surface area contributed by atoms with E-state index in [1.54, 1.807) is 25.1 Å². The summed E-state index contributed by atoms with van der Waals surface area (Å²) >= 11 is 6.38. The van der Waals surface area contributed by atoms with E-state index in [1.165, 1.54) is 25.3 Å². The summed E-state index contributed by atoms with van der Waals surface area (Å²) in [5.74, 6) is -1.28. The minimum atomic E-state index is -4.57. The smallest absolute Gasteiger partial charge is 0.381 e. The predicted molar refractivity (Wildman–Crippen MR) is 143 cm³/mol. The van der Waals surface area contributed by atoms with Gasteiger partial charge in [0.15, 0.2) is 5.62 Å². The van der Waals surface area contributed by atoms with Crippen molar-refractivity contribution in [2.24, 2.45) is 11.5 Å². The van der Waals surface area contributed by atoms with E-state index < -0.39 is 29.6 Å². The number of anilines is 1. The van der Waals surface area contributed by atoms with Crippen LogP contribution in [0, 0.1) is 0 Å². The van der Waals surface area contributed by atoms with Gasteiger partial charge in [0.05, 0.1) is 17.0 Å². The quantitative estimate of drug-likeness (QED) is 0.271. The van der Waals surface area contributed by atoms with Crippen LogP contribution in [0.4, 0.5) is 18.9 Å². The summed E-state index contributed by atoms with van der Waals surface area (Å²) in [6.07, 6.45) is -3.11. The van der Waals surface area contributed by atoms with Gasteiger partial charge in [0.1, 0.15) is 0 Å². The van der Waals surface area contributed by atoms with Crippen LogP contribution in [0.5, 0.6) is 0 Å². The molecule has 0 heterocycles. The molecule has 202 valence electrons. The van der Waals surface area contributed by atoms with Gasteiger partial charge in [-0.1, -0.05) is 37.6 Å². The summed E-state index contributed by atoms with van der Waals surface area (Å²) in [6, 6.07) is 7.95. The maximum absolute atomic E-state index is 13.4. The Labute approximate surface area is 223 Å². The average molecular weight is 559 g/mol. The molecule has 7 nitrogen and oxygen atoms in total. The normalized spacial score (nSPS) is 12.2. The predicted octanol–water partition coefficient (Wildman–Crippen LogP) is 5.22. The highest BCUT2D eigenvalue weighted by Crippen LogP contribution is 2.34. The number of carbonyl (C=O) groups is 3. The zero-order valence-corrected chi connectivity index (χ0v) is 22.4. The summed E-state index contributed by atoms with van der Waals surface area (Å²) < 4.78 is 40.2. The van der Waals surface area contributed by atoms with E-state index in [9.17, 15) is 27.6 Å². The van der Waals surface area contributed by atoms with E-state index >= 15 is 0 Å². The number of thioether (sulfide) groups is 1. The number of alkyl halides is 3. The molecule has 1 atom stereocenters. The Kier molecular flexibility index (Phi) is 12.7. The SMILES string of the molecule is CC.CC(N)c1cc(/C=C(\SC=O)C(=O)N(C)CC(N)=O)ccc1NCc1ccc(Cl)cc1C(F)(F)F. The molecule has 2 rings (SSSR count). The second kappa shape index (κ2) is 14.7. The average Bonchev–Trinajstić information content (AvgIpc) is 2.83. The lowest BCUT2D eigenvalue weighted by Gasteiger charge is -2.19. The number of amides is 2. The van der Waals surface area contributed by atoms with E-state index in [1.807, 2.05) is 13.8 Å². The summed E-state index contributed by atoms with van der Waals surface area (Å²) in [7, 11) is 1.37. The molecule has 0 aromatic heterocycles. The minimum absolute atomic E-state index is 0.00857. The Morgan fingerprint density at radius 1 is 1.19 bits per heavy atom. The number of benzene rings is 2. The van der Waals surface area contributed by atoms with Crippen molar-refractivity contribution in [1.29, 1.82) is 0 Å². The second-order valence-corrected chi connectivity index (χ2v) is 8.94. The van der Waals surface area contributed by atoms with Gasteiger partial charge in [-0.25, -0.2) is 0 Å². The number of halogens is 4. The minimum Gasteiger partial charge on any atom is -0.381 e. The molecule has 5 N–H and O–H groups in total. The third-order valence-corrected chi connectivity index (χ3v) is 5.71. The maximum atomic E-state index is 13.4. The molecule has 0 saturated carbocycles. The summed E-state index contributed by atoms with van der Waals surface area (Å²) in [6.45, 7) is 5.24. The van der Waals surface area contributed by atoms with Crippen LogP contribution in [0.2, 0.25) is 5.02 Å². The molecule has 2 aromatic carbocycles. The topological polar surface area (TPSA) is 119 Å². The van der Waals surface area contributed by atoms with Crippen molar-refractivity contribution in [1.82, 2.24) is 4.90 Å². The van der Waals surface area contributed by atoms with Crippen molar-refractivity contribution < 1.29 is 27.6 Å². The van der Waals surface area contributed by atoms with Crippen LogP contribution >= 0.6 is 23.4 Å². The highest BCUT2D eigenvalue weighted by Gasteiger charge is 2.33. The zero-order chi connectivity index (χ0) is 28.3. The largest absolute Gasteiger partial charge is 0.416 e. The van der Waals surface area contributed by atoms with Gasteiger partial charge in [-0.15, -0.1) is 0 Å². The number of hydrogen-bond donors (Lipinski definition) is 3. The van der Waals surface area contributed by atoms with Gasteiger partial charge < -0.3 is 21.7 Å². The molecule has 0 aliphatic carbocycles. The fourth-order valence-electron chi connectivity index (χ4n) is 3.21. The Morgan fingerprint density at radius 3 is 2.38 bits per heavy atom. The molecule has 0 saturated heterocycles. The number of nitrogens with zero attached hydrogens (tertiary/aromatic N) is 1. The first-order valence-electron chi connectivity index (χ1n) is 11.2. The molecule has 0 aliphatic heterocycles. The molecule has 37 heavy (non-hydrogen) atoms. The van der Waals surface area contributed by atoms with E-state index in [-0.39, 0.29) is 28.6 Å². The fraction of sp³-hybridized carbons (Fsp3) is 0.320. The number of hydrogen-bond acceptors (Lipinski definition) is 6. The van der Waals surface area contributed by atoms with Gasteiger partial charge in [0.25, 0.3) is 5.91 Å². The molecule has 1 unspecified atom stereocenters. The van der Waals surface area contributed by atoms with Crippen LogP contribution in [0.3, 0.4) is 0 Å². The Balaban J connectivity index is 0.00000334. The Hall–Kier alpha value is -3.02. The van der Waals surface area contributed by atoms with Crippen LogP contribution in [0.15, 0.2) is 41.3 Å². The number of nitrogens with one attached hydrogen (secondary N) is 1. The molecular weight excluding hydrogens is 529 g/mol. The summed E-state index contributed by atoms with van der Waals surface area (Å²) in [5, 5.41) is 2.96. The van der Waals surface area contributed by atoms with E-state index in [0.717, 1.165) is 11.0 Å². The molecule has 0 aliphatic rings. The lowest BCUT2D eigenvalue weighted by Crippen LogP contribution is -2.35. The van der Waals surface area contributed by atoms with Gasteiger partial charge in [-0.2, -0.15) is 13.2 Å². The third-order valence-electron chi connectivity index (χ3n) is 4.84. The maximum Gasteiger partial charge on any atom is 0.416 e. The highest BCUT2D eigenvalue weighted by molar-refractivity contribution is 8.16. The lowest BCUT2D eigenvalue weighted by atomic mass is 10.0. The molecule has 0 spiro atoms. The highest BCUT2D eigenvalue weighted by atomic mass is 35.5. The zero-order valence-electron chi connectivity index (χ0n) is 20.9. The number of rotatable bonds is 10. The summed E-state index contributed by atoms with van der Waals surface area (Å²) in [5.41, 5.74) is 12.5. The van der Waals surface area contributed by atoms with Crippen LogP contribution in [-0.4, -0.2) is 35.9 Å². The van der Waals surface area contributed by atoms with Crippen LogP contribution in [0.25, 0.3) is 6.08 Å². The van der Waals surface area contributed by atoms with Crippen molar-refractivity contribution in [3.8, 4) is 0 Å². The first-order valence-corrected chi connectivity index (χ1v) is 12.4. The molecular formula is C25H30ClF3N4O3S. The molecule has 2 aromatic rings. The second-order valence-electron chi connectivity index (χ2n) is 7.64. The van der Waals surface area contributed by atoms with Gasteiger partial charge >= 0.3 is 6.18 Å². The first kappa shape index (κ1) is 32.0.